The smallest absolute Gasteiger partial charge is 0.240 e. The van der Waals surface area contributed by atoms with Crippen molar-refractivity contribution in [3.63, 3.8) is 0 Å². The zero-order valence-corrected chi connectivity index (χ0v) is 14.1. The highest BCUT2D eigenvalue weighted by Gasteiger charge is 2.21. The minimum Gasteiger partial charge on any atom is -0.240 e. The summed E-state index contributed by atoms with van der Waals surface area (Å²) in [4.78, 5) is 4.54. The lowest BCUT2D eigenvalue weighted by atomic mass is 9.98. The second kappa shape index (κ2) is 6.26. The lowest BCUT2D eigenvalue weighted by molar-refractivity contribution is 0.147. The van der Waals surface area contributed by atoms with E-state index in [1.165, 1.54) is 11.3 Å². The molecule has 0 saturated carbocycles. The molecule has 0 N–H and O–H groups in total. The number of thiazole rings is 1. The number of hydrogen-bond acceptors (Lipinski definition) is 2. The number of rotatable bonds is 3. The summed E-state index contributed by atoms with van der Waals surface area (Å²) in [6.45, 7) is 1.75. The summed E-state index contributed by atoms with van der Waals surface area (Å²) in [5.74, 6) is 0. The van der Waals surface area contributed by atoms with Gasteiger partial charge in [0, 0.05) is 10.0 Å². The molecule has 3 aromatic rings. The molecule has 2 aromatic carbocycles. The van der Waals surface area contributed by atoms with Crippen molar-refractivity contribution in [3.8, 4) is 21.6 Å². The number of benzene rings is 2. The normalized spacial score (nSPS) is 11.1. The Labute approximate surface area is 139 Å². The van der Waals surface area contributed by atoms with Crippen LogP contribution in [-0.2, 0) is 0 Å². The van der Waals surface area contributed by atoms with E-state index in [0.717, 1.165) is 21.2 Å². The van der Waals surface area contributed by atoms with Gasteiger partial charge in [-0.05, 0) is 30.2 Å². The van der Waals surface area contributed by atoms with E-state index < -0.39 is 6.43 Å². The summed E-state index contributed by atoms with van der Waals surface area (Å²) in [6, 6.07) is 15.4. The number of halogens is 3. The van der Waals surface area contributed by atoms with Crippen molar-refractivity contribution in [3.05, 3.63) is 63.7 Å². The molecule has 0 aliphatic heterocycles. The summed E-state index contributed by atoms with van der Waals surface area (Å²) in [6.07, 6.45) is -2.57. The lowest BCUT2D eigenvalue weighted by Crippen LogP contribution is -1.90. The first-order valence-corrected chi connectivity index (χ1v) is 8.28. The lowest BCUT2D eigenvalue weighted by Gasteiger charge is -2.10. The molecule has 112 valence electrons. The Kier molecular flexibility index (Phi) is 4.36. The van der Waals surface area contributed by atoms with Crippen LogP contribution in [0.25, 0.3) is 21.6 Å². The Bertz CT molecular complexity index is 797. The van der Waals surface area contributed by atoms with Crippen molar-refractivity contribution < 1.29 is 8.78 Å². The van der Waals surface area contributed by atoms with Crippen LogP contribution in [0.3, 0.4) is 0 Å². The summed E-state index contributed by atoms with van der Waals surface area (Å²) >= 11 is 4.72. The van der Waals surface area contributed by atoms with Gasteiger partial charge in [-0.15, -0.1) is 11.3 Å². The zero-order valence-electron chi connectivity index (χ0n) is 11.7. The Balaban J connectivity index is 2.19. The van der Waals surface area contributed by atoms with Crippen molar-refractivity contribution >= 4 is 27.3 Å². The maximum atomic E-state index is 13.3. The Hall–Kier alpha value is -1.59. The molecule has 3 rings (SSSR count). The maximum Gasteiger partial charge on any atom is 0.281 e. The van der Waals surface area contributed by atoms with Crippen LogP contribution in [0, 0.1) is 6.92 Å². The van der Waals surface area contributed by atoms with Crippen molar-refractivity contribution in [2.24, 2.45) is 0 Å². The molecule has 1 nitrogen and oxygen atoms in total. The first kappa shape index (κ1) is 15.3. The number of aryl methyl sites for hydroxylation is 1. The summed E-state index contributed by atoms with van der Waals surface area (Å²) < 4.78 is 27.5. The van der Waals surface area contributed by atoms with Gasteiger partial charge in [-0.2, -0.15) is 0 Å². The van der Waals surface area contributed by atoms with Gasteiger partial charge in [0.2, 0.25) is 0 Å². The molecule has 0 saturated heterocycles. The molecule has 1 aromatic heterocycles. The molecule has 0 bridgehead atoms. The summed E-state index contributed by atoms with van der Waals surface area (Å²) in [7, 11) is 0. The van der Waals surface area contributed by atoms with Gasteiger partial charge in [0.1, 0.15) is 5.69 Å². The standard InChI is InChI=1S/C17H12BrF2NS/c1-10-21-15(17(19)20)16(22-10)14-5-3-2-4-13(14)11-6-8-12(18)9-7-11/h2-9,17H,1H3. The van der Waals surface area contributed by atoms with Crippen LogP contribution in [-0.4, -0.2) is 4.98 Å². The molecular formula is C17H12BrF2NS. The van der Waals surface area contributed by atoms with E-state index in [9.17, 15) is 8.78 Å². The fourth-order valence-electron chi connectivity index (χ4n) is 2.35. The van der Waals surface area contributed by atoms with Gasteiger partial charge in [-0.1, -0.05) is 52.3 Å². The van der Waals surface area contributed by atoms with Crippen LogP contribution in [0.2, 0.25) is 0 Å². The van der Waals surface area contributed by atoms with Crippen LogP contribution in [0.4, 0.5) is 8.78 Å². The Morgan fingerprint density at radius 3 is 2.27 bits per heavy atom. The van der Waals surface area contributed by atoms with E-state index in [-0.39, 0.29) is 5.69 Å². The number of alkyl halides is 2. The van der Waals surface area contributed by atoms with Gasteiger partial charge in [-0.3, -0.25) is 0 Å². The van der Waals surface area contributed by atoms with E-state index in [2.05, 4.69) is 20.9 Å². The van der Waals surface area contributed by atoms with Gasteiger partial charge >= 0.3 is 0 Å². The molecule has 22 heavy (non-hydrogen) atoms. The molecule has 0 fully saturated rings. The largest absolute Gasteiger partial charge is 0.281 e. The first-order valence-electron chi connectivity index (χ1n) is 6.67. The molecule has 0 spiro atoms. The Morgan fingerprint density at radius 2 is 1.64 bits per heavy atom. The number of nitrogens with zero attached hydrogens (tertiary/aromatic N) is 1. The topological polar surface area (TPSA) is 12.9 Å². The quantitative estimate of drug-likeness (QED) is 0.506. The molecule has 0 amide bonds. The second-order valence-electron chi connectivity index (χ2n) is 4.80. The van der Waals surface area contributed by atoms with Gasteiger partial charge in [0.05, 0.1) is 9.88 Å². The van der Waals surface area contributed by atoms with Crippen LogP contribution in [0.5, 0.6) is 0 Å². The molecule has 0 atom stereocenters. The minimum atomic E-state index is -2.57. The fourth-order valence-corrected chi connectivity index (χ4v) is 3.58. The van der Waals surface area contributed by atoms with Crippen molar-refractivity contribution in [1.29, 1.82) is 0 Å². The van der Waals surface area contributed by atoms with Gasteiger partial charge in [0.25, 0.3) is 6.43 Å². The van der Waals surface area contributed by atoms with Crippen LogP contribution in [0.15, 0.2) is 53.0 Å². The molecular weight excluding hydrogens is 368 g/mol. The van der Waals surface area contributed by atoms with Crippen LogP contribution in [0.1, 0.15) is 17.1 Å². The fraction of sp³-hybridized carbons (Fsp3) is 0.118. The average Bonchev–Trinajstić information content (AvgIpc) is 2.90. The van der Waals surface area contributed by atoms with Crippen molar-refractivity contribution in [2.45, 2.75) is 13.3 Å². The Morgan fingerprint density at radius 1 is 1.00 bits per heavy atom. The van der Waals surface area contributed by atoms with E-state index in [4.69, 9.17) is 0 Å². The molecule has 0 aliphatic carbocycles. The molecule has 0 aliphatic rings. The van der Waals surface area contributed by atoms with E-state index in [0.29, 0.717) is 9.88 Å². The van der Waals surface area contributed by atoms with Gasteiger partial charge in [0.15, 0.2) is 0 Å². The van der Waals surface area contributed by atoms with Crippen LogP contribution >= 0.6 is 27.3 Å². The predicted octanol–water partition coefficient (Wildman–Crippen LogP) is 6.49. The summed E-state index contributed by atoms with van der Waals surface area (Å²) in [5, 5.41) is 0.649. The predicted molar refractivity (Wildman–Crippen MR) is 90.4 cm³/mol. The summed E-state index contributed by atoms with van der Waals surface area (Å²) in [5.41, 5.74) is 2.59. The van der Waals surface area contributed by atoms with E-state index in [1.54, 1.807) is 6.92 Å². The van der Waals surface area contributed by atoms with Gasteiger partial charge in [-0.25, -0.2) is 13.8 Å². The third-order valence-electron chi connectivity index (χ3n) is 3.29. The second-order valence-corrected chi connectivity index (χ2v) is 6.92. The van der Waals surface area contributed by atoms with Crippen molar-refractivity contribution in [2.75, 3.05) is 0 Å². The van der Waals surface area contributed by atoms with Crippen LogP contribution < -0.4 is 0 Å². The highest BCUT2D eigenvalue weighted by Crippen LogP contribution is 2.40. The van der Waals surface area contributed by atoms with E-state index in [1.807, 2.05) is 48.5 Å². The highest BCUT2D eigenvalue weighted by atomic mass is 79.9. The zero-order chi connectivity index (χ0) is 15.7. The van der Waals surface area contributed by atoms with Gasteiger partial charge < -0.3 is 0 Å². The molecule has 0 radical (unpaired) electrons. The maximum absolute atomic E-state index is 13.3. The van der Waals surface area contributed by atoms with Crippen molar-refractivity contribution in [1.82, 2.24) is 4.98 Å². The van der Waals surface area contributed by atoms with E-state index >= 15 is 0 Å². The third kappa shape index (κ3) is 2.96. The number of aromatic nitrogens is 1. The minimum absolute atomic E-state index is 0.132. The highest BCUT2D eigenvalue weighted by molar-refractivity contribution is 9.10. The first-order chi connectivity index (χ1) is 10.6. The average molecular weight is 380 g/mol. The third-order valence-corrected chi connectivity index (χ3v) is 4.84. The molecule has 1 heterocycles. The molecule has 0 unspecified atom stereocenters. The molecule has 5 heteroatoms. The number of hydrogen-bond donors (Lipinski definition) is 0. The SMILES string of the molecule is Cc1nc(C(F)F)c(-c2ccccc2-c2ccc(Br)cc2)s1. The monoisotopic (exact) mass is 379 g/mol.